The quantitative estimate of drug-likeness (QED) is 0.228. The number of carboxylic acids is 2. The van der Waals surface area contributed by atoms with Crippen molar-refractivity contribution in [2.75, 3.05) is 18.1 Å². The molecule has 3 heterocycles. The van der Waals surface area contributed by atoms with Crippen LogP contribution in [0.3, 0.4) is 0 Å². The molecule has 31 heavy (non-hydrogen) atoms. The predicted molar refractivity (Wildman–Crippen MR) is 111 cm³/mol. The number of β-lactam (4-membered cyclic amide) rings is 1. The molecule has 1 saturated heterocycles. The average Bonchev–Trinajstić information content (AvgIpc) is 3.13. The number of hydrogen-bond acceptors (Lipinski definition) is 10. The van der Waals surface area contributed by atoms with Crippen LogP contribution >= 0.6 is 23.1 Å². The molecule has 12 nitrogen and oxygen atoms in total. The van der Waals surface area contributed by atoms with Crippen molar-refractivity contribution < 1.29 is 34.2 Å². The molecule has 3 rings (SSSR count). The van der Waals surface area contributed by atoms with Gasteiger partial charge in [0.2, 0.25) is 6.61 Å². The van der Waals surface area contributed by atoms with Crippen LogP contribution in [0.15, 0.2) is 34.0 Å². The third-order valence-corrected chi connectivity index (χ3v) is 6.25. The number of thiazole rings is 1. The second-order valence-corrected chi connectivity index (χ2v) is 8.45. The highest BCUT2D eigenvalue weighted by molar-refractivity contribution is 8.00. The van der Waals surface area contributed by atoms with Gasteiger partial charge in [-0.15, -0.1) is 23.1 Å². The van der Waals surface area contributed by atoms with Gasteiger partial charge in [-0.25, -0.2) is 14.6 Å². The van der Waals surface area contributed by atoms with Crippen molar-refractivity contribution in [1.82, 2.24) is 15.2 Å². The van der Waals surface area contributed by atoms with Gasteiger partial charge in [-0.2, -0.15) is 0 Å². The van der Waals surface area contributed by atoms with E-state index in [1.54, 1.807) is 6.92 Å². The predicted octanol–water partition coefficient (Wildman–Crippen LogP) is -0.155. The van der Waals surface area contributed by atoms with Crippen LogP contribution in [0.1, 0.15) is 12.6 Å². The number of amides is 2. The number of rotatable bonds is 8. The standard InChI is InChI=1S/C17H17N5O7S2/c1-6(2)7-4-30-15-11(14(26)22(15)12(7)16(27)28)20-13(25)10(21-29-3-9(23)24)8-5-31-17(18)19-8/h5,11,15H,1,3-4H2,2H3,(H2,18,19)(H,20,25)(H,23,24)(H,27,28)/b21-10-/t11-,15-/m1/s1. The highest BCUT2D eigenvalue weighted by Crippen LogP contribution is 2.41. The number of carbonyl (C=O) groups excluding carboxylic acids is 2. The lowest BCUT2D eigenvalue weighted by molar-refractivity contribution is -0.150. The number of hydrogen-bond donors (Lipinski definition) is 4. The van der Waals surface area contributed by atoms with Gasteiger partial charge in [0.15, 0.2) is 10.8 Å². The molecule has 2 amide bonds. The number of nitrogen functional groups attached to an aromatic ring is 1. The zero-order valence-corrected chi connectivity index (χ0v) is 17.7. The lowest BCUT2D eigenvalue weighted by atomic mass is 10.00. The van der Waals surface area contributed by atoms with Crippen molar-refractivity contribution in [3.63, 3.8) is 0 Å². The molecular weight excluding hydrogens is 450 g/mol. The summed E-state index contributed by atoms with van der Waals surface area (Å²) in [4.78, 5) is 57.5. The number of fused-ring (bicyclic) bond motifs is 1. The summed E-state index contributed by atoms with van der Waals surface area (Å²) < 4.78 is 0. The third-order valence-electron chi connectivity index (χ3n) is 4.30. The van der Waals surface area contributed by atoms with Crippen LogP contribution in [-0.2, 0) is 24.0 Å². The Labute approximate surface area is 183 Å². The van der Waals surface area contributed by atoms with Gasteiger partial charge < -0.3 is 26.1 Å². The molecule has 0 aliphatic carbocycles. The lowest BCUT2D eigenvalue weighted by Crippen LogP contribution is -2.71. The van der Waals surface area contributed by atoms with Crippen molar-refractivity contribution in [1.29, 1.82) is 0 Å². The molecule has 164 valence electrons. The van der Waals surface area contributed by atoms with E-state index < -0.39 is 41.8 Å². The summed E-state index contributed by atoms with van der Waals surface area (Å²) in [6.45, 7) is 4.62. The van der Waals surface area contributed by atoms with Crippen LogP contribution in [0, 0.1) is 0 Å². The number of nitrogens with zero attached hydrogens (tertiary/aromatic N) is 3. The number of carbonyl (C=O) groups is 4. The Morgan fingerprint density at radius 3 is 2.71 bits per heavy atom. The minimum absolute atomic E-state index is 0.0426. The zero-order chi connectivity index (χ0) is 22.9. The number of nitrogens with one attached hydrogen (secondary N) is 1. The first kappa shape index (κ1) is 22.3. The number of carboxylic acid groups (broad SMARTS) is 2. The van der Waals surface area contributed by atoms with Gasteiger partial charge in [0, 0.05) is 11.1 Å². The van der Waals surface area contributed by atoms with Crippen LogP contribution in [0.2, 0.25) is 0 Å². The maximum Gasteiger partial charge on any atom is 0.352 e. The molecule has 0 bridgehead atoms. The first-order chi connectivity index (χ1) is 14.6. The van der Waals surface area contributed by atoms with Crippen LogP contribution < -0.4 is 11.1 Å². The van der Waals surface area contributed by atoms with Crippen molar-refractivity contribution in [3.05, 3.63) is 34.5 Å². The fourth-order valence-corrected chi connectivity index (χ4v) is 4.91. The highest BCUT2D eigenvalue weighted by Gasteiger charge is 2.54. The molecule has 0 unspecified atom stereocenters. The molecule has 1 aromatic rings. The molecular formula is C17H17N5O7S2. The molecule has 14 heteroatoms. The van der Waals surface area contributed by atoms with Crippen molar-refractivity contribution >= 4 is 57.7 Å². The minimum atomic E-state index is -1.30. The van der Waals surface area contributed by atoms with Gasteiger partial charge in [-0.3, -0.25) is 14.5 Å². The minimum Gasteiger partial charge on any atom is -0.479 e. The first-order valence-corrected chi connectivity index (χ1v) is 10.6. The normalized spacial score (nSPS) is 20.6. The third kappa shape index (κ3) is 4.39. The van der Waals surface area contributed by atoms with E-state index >= 15 is 0 Å². The van der Waals surface area contributed by atoms with Gasteiger partial charge in [0.25, 0.3) is 11.8 Å². The summed E-state index contributed by atoms with van der Waals surface area (Å²) in [5.74, 6) is -3.70. The van der Waals surface area contributed by atoms with Gasteiger partial charge in [0.05, 0.1) is 0 Å². The van der Waals surface area contributed by atoms with Gasteiger partial charge in [-0.05, 0) is 12.5 Å². The molecule has 2 aliphatic heterocycles. The average molecular weight is 467 g/mol. The number of aliphatic carboxylic acids is 2. The van der Waals surface area contributed by atoms with Gasteiger partial charge >= 0.3 is 11.9 Å². The van der Waals surface area contributed by atoms with E-state index in [2.05, 4.69) is 26.9 Å². The molecule has 0 aromatic carbocycles. The molecule has 1 aromatic heterocycles. The van der Waals surface area contributed by atoms with Gasteiger partial charge in [0.1, 0.15) is 22.8 Å². The van der Waals surface area contributed by atoms with E-state index in [1.165, 1.54) is 17.1 Å². The molecule has 2 aliphatic rings. The topological polar surface area (TPSA) is 185 Å². The van der Waals surface area contributed by atoms with Crippen molar-refractivity contribution in [2.24, 2.45) is 5.16 Å². The fraction of sp³-hybridized carbons (Fsp3) is 0.294. The summed E-state index contributed by atoms with van der Waals surface area (Å²) >= 11 is 2.31. The Balaban J connectivity index is 1.81. The molecule has 1 fully saturated rings. The van der Waals surface area contributed by atoms with E-state index in [0.29, 0.717) is 16.9 Å². The maximum absolute atomic E-state index is 12.8. The molecule has 0 saturated carbocycles. The van der Waals surface area contributed by atoms with E-state index in [4.69, 9.17) is 10.8 Å². The molecule has 2 atom stereocenters. The van der Waals surface area contributed by atoms with Crippen LogP contribution in [0.25, 0.3) is 0 Å². The van der Waals surface area contributed by atoms with Crippen molar-refractivity contribution in [3.8, 4) is 0 Å². The number of nitrogens with two attached hydrogens (primary N) is 1. The Bertz CT molecular complexity index is 1050. The number of anilines is 1. The lowest BCUT2D eigenvalue weighted by Gasteiger charge is -2.49. The molecule has 0 radical (unpaired) electrons. The summed E-state index contributed by atoms with van der Waals surface area (Å²) in [5, 5.41) is 25.2. The number of allylic oxidation sites excluding steroid dienone is 1. The number of aromatic nitrogens is 1. The van der Waals surface area contributed by atoms with Gasteiger partial charge in [-0.1, -0.05) is 17.3 Å². The van der Waals surface area contributed by atoms with E-state index in [9.17, 15) is 24.3 Å². The second-order valence-electron chi connectivity index (χ2n) is 6.45. The van der Waals surface area contributed by atoms with E-state index in [0.717, 1.165) is 16.2 Å². The monoisotopic (exact) mass is 467 g/mol. The summed E-state index contributed by atoms with van der Waals surface area (Å²) in [6, 6.07) is -1.01. The number of thioether (sulfide) groups is 1. The summed E-state index contributed by atoms with van der Waals surface area (Å²) in [5.41, 5.74) is 6.09. The maximum atomic E-state index is 12.8. The highest BCUT2D eigenvalue weighted by atomic mass is 32.2. The number of oxime groups is 1. The first-order valence-electron chi connectivity index (χ1n) is 8.62. The smallest absolute Gasteiger partial charge is 0.352 e. The summed E-state index contributed by atoms with van der Waals surface area (Å²) in [7, 11) is 0. The Hall–Kier alpha value is -3.39. The summed E-state index contributed by atoms with van der Waals surface area (Å²) in [6.07, 6.45) is 0. The van der Waals surface area contributed by atoms with E-state index in [-0.39, 0.29) is 22.2 Å². The zero-order valence-electron chi connectivity index (χ0n) is 16.0. The van der Waals surface area contributed by atoms with Crippen molar-refractivity contribution in [2.45, 2.75) is 18.3 Å². The van der Waals surface area contributed by atoms with E-state index in [1.807, 2.05) is 0 Å². The van der Waals surface area contributed by atoms with Crippen LogP contribution in [0.4, 0.5) is 5.13 Å². The second kappa shape index (κ2) is 8.77. The molecule has 5 N–H and O–H groups in total. The van der Waals surface area contributed by atoms with Crippen LogP contribution in [-0.4, -0.2) is 73.3 Å². The van der Waals surface area contributed by atoms with Crippen LogP contribution in [0.5, 0.6) is 0 Å². The SMILES string of the molecule is C=C(C)C1=C(C(=O)O)N2C(=O)[C@@H](NC(=O)/C(=N\OCC(=O)O)c3csc(N)n3)[C@H]2SC1. The Morgan fingerprint density at radius 2 is 2.16 bits per heavy atom. The Morgan fingerprint density at radius 1 is 1.45 bits per heavy atom. The fourth-order valence-electron chi connectivity index (χ4n) is 2.91. The Kier molecular flexibility index (Phi) is 6.31. The largest absolute Gasteiger partial charge is 0.479 e. The molecule has 0 spiro atoms.